The lowest BCUT2D eigenvalue weighted by atomic mass is 10.0. The van der Waals surface area contributed by atoms with Crippen LogP contribution in [-0.4, -0.2) is 103 Å². The van der Waals surface area contributed by atoms with Gasteiger partial charge in [0.25, 0.3) is 0 Å². The number of hydrogen-bond donors (Lipinski definition) is 2. The molecule has 3 aliphatic rings. The van der Waals surface area contributed by atoms with E-state index in [0.29, 0.717) is 31.8 Å². The predicted molar refractivity (Wildman–Crippen MR) is 142 cm³/mol. The number of nitrogens with one attached hydrogen (secondary N) is 2. The fourth-order valence-corrected chi connectivity index (χ4v) is 6.02. The number of benzene rings is 1. The van der Waals surface area contributed by atoms with Crippen LogP contribution in [0.2, 0.25) is 0 Å². The molecule has 3 fully saturated rings. The molecule has 0 radical (unpaired) electrons. The third-order valence-electron chi connectivity index (χ3n) is 7.80. The summed E-state index contributed by atoms with van der Waals surface area (Å²) in [7, 11) is 0. The van der Waals surface area contributed by atoms with Gasteiger partial charge in [0, 0.05) is 31.2 Å². The molecule has 0 aliphatic carbocycles. The highest BCUT2D eigenvalue weighted by Crippen LogP contribution is 2.38. The van der Waals surface area contributed by atoms with Crippen molar-refractivity contribution in [3.8, 4) is 17.5 Å². The Kier molecular flexibility index (Phi) is 7.46. The topological polar surface area (TPSA) is 160 Å². The van der Waals surface area contributed by atoms with Crippen LogP contribution in [0.1, 0.15) is 58.6 Å². The van der Waals surface area contributed by atoms with E-state index in [9.17, 15) is 19.6 Å². The molecule has 5 rings (SSSR count). The van der Waals surface area contributed by atoms with Gasteiger partial charge in [-0.15, -0.1) is 10.2 Å². The van der Waals surface area contributed by atoms with Crippen molar-refractivity contribution in [2.75, 3.05) is 19.6 Å². The average Bonchev–Trinajstić information content (AvgIpc) is 3.71. The molecule has 212 valence electrons. The lowest BCUT2D eigenvalue weighted by molar-refractivity contribution is -0.141. The van der Waals surface area contributed by atoms with Crippen molar-refractivity contribution in [1.29, 1.82) is 5.26 Å². The first-order valence-electron chi connectivity index (χ1n) is 13.7. The number of tetrazole rings is 1. The first-order chi connectivity index (χ1) is 19.1. The van der Waals surface area contributed by atoms with E-state index in [0.717, 1.165) is 17.5 Å². The number of amides is 3. The van der Waals surface area contributed by atoms with Crippen LogP contribution in [-0.2, 0) is 14.3 Å². The van der Waals surface area contributed by atoms with Crippen LogP contribution >= 0.6 is 0 Å². The molecule has 40 heavy (non-hydrogen) atoms. The van der Waals surface area contributed by atoms with Gasteiger partial charge >= 0.3 is 6.09 Å². The van der Waals surface area contributed by atoms with Crippen LogP contribution in [0.4, 0.5) is 4.79 Å². The molecular weight excluding hydrogens is 514 g/mol. The van der Waals surface area contributed by atoms with Gasteiger partial charge < -0.3 is 19.9 Å². The quantitative estimate of drug-likeness (QED) is 0.523. The first-order valence-corrected chi connectivity index (χ1v) is 13.7. The molecular formula is C27H35N9O4. The van der Waals surface area contributed by atoms with E-state index in [1.807, 2.05) is 41.0 Å². The number of aromatic amines is 1. The fourth-order valence-electron chi connectivity index (χ4n) is 6.02. The zero-order valence-electron chi connectivity index (χ0n) is 23.2. The Labute approximate surface area is 232 Å². The SMILES string of the molecule is C[C@@H](c1cccc(-c2nn[nH]n2)c1)N1C(=O)C2C[C@H]1CN2CC(NC(=O)OC(C)(C)C)C(=O)N1CCCC1C#N. The van der Waals surface area contributed by atoms with Crippen molar-refractivity contribution < 1.29 is 19.1 Å². The fraction of sp³-hybridized carbons (Fsp3) is 0.593. The molecule has 2 bridgehead atoms. The van der Waals surface area contributed by atoms with Gasteiger partial charge in [0.2, 0.25) is 17.6 Å². The van der Waals surface area contributed by atoms with Gasteiger partial charge in [-0.1, -0.05) is 18.2 Å². The molecule has 0 spiro atoms. The van der Waals surface area contributed by atoms with E-state index in [-0.39, 0.29) is 30.4 Å². The lowest BCUT2D eigenvalue weighted by Gasteiger charge is -2.39. The largest absolute Gasteiger partial charge is 0.444 e. The zero-order chi connectivity index (χ0) is 28.6. The number of hydrogen-bond acceptors (Lipinski definition) is 9. The Hall–Kier alpha value is -4.05. The minimum atomic E-state index is -0.937. The van der Waals surface area contributed by atoms with Crippen LogP contribution in [0, 0.1) is 11.3 Å². The summed E-state index contributed by atoms with van der Waals surface area (Å²) in [5, 5.41) is 26.4. The number of nitrogens with zero attached hydrogens (tertiary/aromatic N) is 7. The monoisotopic (exact) mass is 549 g/mol. The number of likely N-dealkylation sites (tertiary alicyclic amines) is 3. The van der Waals surface area contributed by atoms with Crippen LogP contribution < -0.4 is 5.32 Å². The van der Waals surface area contributed by atoms with Gasteiger partial charge in [-0.3, -0.25) is 14.5 Å². The second-order valence-electron chi connectivity index (χ2n) is 11.7. The van der Waals surface area contributed by atoms with E-state index < -0.39 is 29.8 Å². The number of nitriles is 1. The van der Waals surface area contributed by atoms with Gasteiger partial charge in [-0.05, 0) is 63.8 Å². The summed E-state index contributed by atoms with van der Waals surface area (Å²) in [5.41, 5.74) is 1.04. The number of alkyl carbamates (subject to hydrolysis) is 1. The van der Waals surface area contributed by atoms with E-state index >= 15 is 0 Å². The maximum atomic E-state index is 13.6. The Bertz CT molecular complexity index is 1300. The minimum Gasteiger partial charge on any atom is -0.444 e. The van der Waals surface area contributed by atoms with Gasteiger partial charge in [-0.25, -0.2) is 4.79 Å². The second kappa shape index (κ2) is 10.8. The van der Waals surface area contributed by atoms with Gasteiger partial charge in [0.05, 0.1) is 18.2 Å². The summed E-state index contributed by atoms with van der Waals surface area (Å²) in [6.07, 6.45) is 1.28. The van der Waals surface area contributed by atoms with Crippen LogP contribution in [0.25, 0.3) is 11.4 Å². The molecule has 13 nitrogen and oxygen atoms in total. The standard InChI is InChI=1S/C27H35N9O4/c1-16(17-7-5-8-18(11-17)23-30-32-33-31-23)36-20-12-22(25(36)38)34(14-20)15-21(29-26(39)40-27(2,3)4)24(37)35-10-6-9-19(35)13-28/h5,7-8,11,16,19-22H,6,9-10,12,14-15H2,1-4H3,(H,29,39)(H,30,31,32,33)/t16-,19?,20-,21?,22?/m0/s1. The summed E-state index contributed by atoms with van der Waals surface area (Å²) in [5.74, 6) is 0.154. The van der Waals surface area contributed by atoms with Gasteiger partial charge in [0.1, 0.15) is 17.7 Å². The highest BCUT2D eigenvalue weighted by atomic mass is 16.6. The highest BCUT2D eigenvalue weighted by molar-refractivity contribution is 5.88. The summed E-state index contributed by atoms with van der Waals surface area (Å²) in [6.45, 7) is 8.46. The smallest absolute Gasteiger partial charge is 0.408 e. The summed E-state index contributed by atoms with van der Waals surface area (Å²) in [6, 6.07) is 7.89. The average molecular weight is 550 g/mol. The van der Waals surface area contributed by atoms with Crippen molar-refractivity contribution in [3.05, 3.63) is 29.8 Å². The van der Waals surface area contributed by atoms with Gasteiger partial charge in [0.15, 0.2) is 0 Å². The molecule has 13 heteroatoms. The number of rotatable bonds is 7. The molecule has 2 aromatic rings. The molecule has 5 atom stereocenters. The lowest BCUT2D eigenvalue weighted by Crippen LogP contribution is -2.59. The maximum Gasteiger partial charge on any atom is 0.408 e. The molecule has 2 N–H and O–H groups in total. The molecule has 1 aromatic carbocycles. The summed E-state index contributed by atoms with van der Waals surface area (Å²) >= 11 is 0. The molecule has 1 aromatic heterocycles. The molecule has 0 saturated carbocycles. The third kappa shape index (κ3) is 5.49. The maximum absolute atomic E-state index is 13.6. The van der Waals surface area contributed by atoms with Gasteiger partial charge in [-0.2, -0.15) is 10.5 Å². The number of fused-ring (bicyclic) bond motifs is 2. The van der Waals surface area contributed by atoms with Crippen molar-refractivity contribution in [2.24, 2.45) is 0 Å². The number of ether oxygens (including phenoxy) is 1. The molecule has 3 saturated heterocycles. The number of piperazine rings is 1. The van der Waals surface area contributed by atoms with E-state index in [1.54, 1.807) is 20.8 Å². The zero-order valence-corrected chi connectivity index (χ0v) is 23.2. The van der Waals surface area contributed by atoms with Crippen molar-refractivity contribution in [3.63, 3.8) is 0 Å². The van der Waals surface area contributed by atoms with E-state index in [1.165, 1.54) is 4.90 Å². The predicted octanol–water partition coefficient (Wildman–Crippen LogP) is 1.62. The number of carbonyl (C=O) groups is 3. The second-order valence-corrected chi connectivity index (χ2v) is 11.7. The summed E-state index contributed by atoms with van der Waals surface area (Å²) in [4.78, 5) is 45.3. The molecule has 3 unspecified atom stereocenters. The molecule has 3 aliphatic heterocycles. The third-order valence-corrected chi connectivity index (χ3v) is 7.80. The van der Waals surface area contributed by atoms with E-state index in [4.69, 9.17) is 4.74 Å². The number of aromatic nitrogens is 4. The Morgan fingerprint density at radius 3 is 2.80 bits per heavy atom. The van der Waals surface area contributed by atoms with Crippen LogP contribution in [0.3, 0.4) is 0 Å². The van der Waals surface area contributed by atoms with Crippen molar-refractivity contribution >= 4 is 17.9 Å². The summed E-state index contributed by atoms with van der Waals surface area (Å²) < 4.78 is 5.42. The minimum absolute atomic E-state index is 0.00625. The number of H-pyrrole nitrogens is 1. The Balaban J connectivity index is 1.30. The first kappa shape index (κ1) is 27.5. The van der Waals surface area contributed by atoms with Crippen molar-refractivity contribution in [1.82, 2.24) is 40.6 Å². The van der Waals surface area contributed by atoms with Crippen LogP contribution in [0.5, 0.6) is 0 Å². The van der Waals surface area contributed by atoms with E-state index in [2.05, 4.69) is 32.0 Å². The Morgan fingerprint density at radius 2 is 2.12 bits per heavy atom. The van der Waals surface area contributed by atoms with Crippen LogP contribution in [0.15, 0.2) is 24.3 Å². The highest BCUT2D eigenvalue weighted by Gasteiger charge is 2.52. The Morgan fingerprint density at radius 1 is 1.32 bits per heavy atom. The normalized spacial score (nSPS) is 24.2. The molecule has 4 heterocycles. The molecule has 3 amide bonds. The number of carbonyl (C=O) groups excluding carboxylic acids is 3. The van der Waals surface area contributed by atoms with Crippen molar-refractivity contribution in [2.45, 2.75) is 82.8 Å².